The van der Waals surface area contributed by atoms with Gasteiger partial charge >= 0.3 is 0 Å². The zero-order valence-electron chi connectivity index (χ0n) is 9.49. The average Bonchev–Trinajstić information content (AvgIpc) is 2.36. The van der Waals surface area contributed by atoms with Crippen LogP contribution < -0.4 is 11.1 Å². The predicted molar refractivity (Wildman–Crippen MR) is 81.8 cm³/mol. The summed E-state index contributed by atoms with van der Waals surface area (Å²) < 4.78 is 1.76. The summed E-state index contributed by atoms with van der Waals surface area (Å²) in [6, 6.07) is 5.54. The highest BCUT2D eigenvalue weighted by molar-refractivity contribution is 14.1. The Labute approximate surface area is 127 Å². The first-order valence-corrected chi connectivity index (χ1v) is 7.11. The first-order chi connectivity index (χ1) is 8.54. The number of amides is 1. The van der Waals surface area contributed by atoms with E-state index in [1.165, 1.54) is 0 Å². The molecule has 0 aliphatic rings. The molecule has 1 amide bonds. The van der Waals surface area contributed by atoms with Gasteiger partial charge in [-0.05, 0) is 47.2 Å². The van der Waals surface area contributed by atoms with E-state index in [9.17, 15) is 4.79 Å². The Hall–Kier alpha value is -0.830. The number of benzene rings is 1. The van der Waals surface area contributed by atoms with Gasteiger partial charge in [0, 0.05) is 21.0 Å². The molecule has 0 unspecified atom stereocenters. The lowest BCUT2D eigenvalue weighted by Gasteiger charge is -2.07. The molecule has 7 heteroatoms. The molecule has 0 spiro atoms. The van der Waals surface area contributed by atoms with Gasteiger partial charge in [-0.15, -0.1) is 0 Å². The number of hydrogen-bond donors (Lipinski definition) is 3. The second-order valence-corrected chi connectivity index (χ2v) is 5.65. The van der Waals surface area contributed by atoms with E-state index in [4.69, 9.17) is 10.9 Å². The lowest BCUT2D eigenvalue weighted by Crippen LogP contribution is -2.26. The summed E-state index contributed by atoms with van der Waals surface area (Å²) in [4.78, 5) is 11.9. The maximum Gasteiger partial charge on any atom is 0.252 e. The third-order valence-corrected chi connectivity index (χ3v) is 3.63. The van der Waals surface area contributed by atoms with Crippen molar-refractivity contribution in [2.45, 2.75) is 12.8 Å². The van der Waals surface area contributed by atoms with Crippen LogP contribution in [0.4, 0.5) is 0 Å². The lowest BCUT2D eigenvalue weighted by atomic mass is 10.2. The minimum Gasteiger partial charge on any atom is -0.409 e. The molecule has 0 atom stereocenters. The summed E-state index contributed by atoms with van der Waals surface area (Å²) in [5, 5.41) is 14.0. The van der Waals surface area contributed by atoms with E-state index in [-0.39, 0.29) is 11.7 Å². The van der Waals surface area contributed by atoms with Gasteiger partial charge in [-0.3, -0.25) is 4.79 Å². The molecular formula is C11H13BrIN3O2. The number of nitrogens with one attached hydrogen (secondary N) is 1. The molecule has 1 aromatic carbocycles. The number of halogens is 2. The maximum atomic E-state index is 11.9. The van der Waals surface area contributed by atoms with E-state index >= 15 is 0 Å². The standard InChI is InChI=1S/C11H13BrIN3O2/c12-7-3-4-9(13)8(6-7)11(17)15-5-1-2-10(14)16-18/h3-4,6,18H,1-2,5H2,(H2,14,16)(H,15,17). The maximum absolute atomic E-state index is 11.9. The van der Waals surface area contributed by atoms with Gasteiger partial charge in [0.2, 0.25) is 0 Å². The topological polar surface area (TPSA) is 87.7 Å². The van der Waals surface area contributed by atoms with E-state index in [1.54, 1.807) is 6.07 Å². The fraction of sp³-hybridized carbons (Fsp3) is 0.273. The molecule has 1 rings (SSSR count). The van der Waals surface area contributed by atoms with Crippen LogP contribution in [0.15, 0.2) is 27.8 Å². The summed E-state index contributed by atoms with van der Waals surface area (Å²) in [6.07, 6.45) is 1.08. The number of nitrogens with zero attached hydrogens (tertiary/aromatic N) is 1. The van der Waals surface area contributed by atoms with Crippen LogP contribution in [0.3, 0.4) is 0 Å². The largest absolute Gasteiger partial charge is 0.409 e. The third kappa shape index (κ3) is 4.81. The molecule has 0 aliphatic carbocycles. The van der Waals surface area contributed by atoms with Crippen molar-refractivity contribution in [3.05, 3.63) is 31.8 Å². The highest BCUT2D eigenvalue weighted by atomic mass is 127. The van der Waals surface area contributed by atoms with Gasteiger partial charge in [-0.25, -0.2) is 0 Å². The SMILES string of the molecule is N/C(CCCNC(=O)c1cc(Br)ccc1I)=N/O. The Morgan fingerprint density at radius 3 is 2.94 bits per heavy atom. The van der Waals surface area contributed by atoms with Crippen molar-refractivity contribution in [1.82, 2.24) is 5.32 Å². The third-order valence-electron chi connectivity index (χ3n) is 2.20. The van der Waals surface area contributed by atoms with Gasteiger partial charge < -0.3 is 16.3 Å². The molecule has 1 aromatic rings. The van der Waals surface area contributed by atoms with E-state index in [1.807, 2.05) is 12.1 Å². The zero-order valence-corrected chi connectivity index (χ0v) is 13.2. The summed E-state index contributed by atoms with van der Waals surface area (Å²) in [7, 11) is 0. The normalized spacial score (nSPS) is 11.3. The number of carbonyl (C=O) groups excluding carboxylic acids is 1. The van der Waals surface area contributed by atoms with Gasteiger partial charge in [0.15, 0.2) is 0 Å². The van der Waals surface area contributed by atoms with Crippen LogP contribution in [0.5, 0.6) is 0 Å². The molecule has 98 valence electrons. The number of nitrogens with two attached hydrogens (primary N) is 1. The Morgan fingerprint density at radius 1 is 1.56 bits per heavy atom. The fourth-order valence-corrected chi connectivity index (χ4v) is 2.23. The van der Waals surface area contributed by atoms with E-state index < -0.39 is 0 Å². The molecule has 0 heterocycles. The van der Waals surface area contributed by atoms with Gasteiger partial charge in [0.1, 0.15) is 5.84 Å². The van der Waals surface area contributed by atoms with Gasteiger partial charge in [0.05, 0.1) is 5.56 Å². The monoisotopic (exact) mass is 425 g/mol. The van der Waals surface area contributed by atoms with Crippen molar-refractivity contribution in [3.63, 3.8) is 0 Å². The molecule has 0 saturated heterocycles. The Balaban J connectivity index is 2.48. The predicted octanol–water partition coefficient (Wildman–Crippen LogP) is 2.31. The molecule has 5 nitrogen and oxygen atoms in total. The second-order valence-electron chi connectivity index (χ2n) is 3.57. The van der Waals surface area contributed by atoms with Crippen molar-refractivity contribution in [2.75, 3.05) is 6.54 Å². The Kier molecular flexibility index (Phi) is 6.41. The van der Waals surface area contributed by atoms with E-state index in [0.717, 1.165) is 8.04 Å². The van der Waals surface area contributed by atoms with Crippen LogP contribution in [0.2, 0.25) is 0 Å². The number of rotatable bonds is 5. The van der Waals surface area contributed by atoms with Crippen molar-refractivity contribution >= 4 is 50.3 Å². The molecular weight excluding hydrogens is 413 g/mol. The molecule has 4 N–H and O–H groups in total. The van der Waals surface area contributed by atoms with Crippen molar-refractivity contribution in [3.8, 4) is 0 Å². The number of oxime groups is 1. The van der Waals surface area contributed by atoms with Crippen molar-refractivity contribution in [2.24, 2.45) is 10.9 Å². The summed E-state index contributed by atoms with van der Waals surface area (Å²) in [6.45, 7) is 0.484. The fourth-order valence-electron chi connectivity index (χ4n) is 1.29. The highest BCUT2D eigenvalue weighted by Gasteiger charge is 2.09. The van der Waals surface area contributed by atoms with Crippen LogP contribution in [0.25, 0.3) is 0 Å². The first-order valence-electron chi connectivity index (χ1n) is 5.24. The Morgan fingerprint density at radius 2 is 2.28 bits per heavy atom. The van der Waals surface area contributed by atoms with Crippen LogP contribution in [0.1, 0.15) is 23.2 Å². The van der Waals surface area contributed by atoms with Gasteiger partial charge in [0.25, 0.3) is 5.91 Å². The lowest BCUT2D eigenvalue weighted by molar-refractivity contribution is 0.0952. The highest BCUT2D eigenvalue weighted by Crippen LogP contribution is 2.18. The van der Waals surface area contributed by atoms with E-state index in [2.05, 4.69) is 49.0 Å². The summed E-state index contributed by atoms with van der Waals surface area (Å²) >= 11 is 5.45. The zero-order chi connectivity index (χ0) is 13.5. The first kappa shape index (κ1) is 15.2. The van der Waals surface area contributed by atoms with Crippen molar-refractivity contribution in [1.29, 1.82) is 0 Å². The molecule has 0 aliphatic heterocycles. The average molecular weight is 426 g/mol. The minimum atomic E-state index is -0.125. The quantitative estimate of drug-likeness (QED) is 0.169. The van der Waals surface area contributed by atoms with Crippen LogP contribution >= 0.6 is 38.5 Å². The van der Waals surface area contributed by atoms with Gasteiger partial charge in [-0.2, -0.15) is 0 Å². The molecule has 0 bridgehead atoms. The summed E-state index contributed by atoms with van der Waals surface area (Å²) in [5.41, 5.74) is 5.96. The smallest absolute Gasteiger partial charge is 0.252 e. The second kappa shape index (κ2) is 7.57. The van der Waals surface area contributed by atoms with Crippen LogP contribution in [-0.2, 0) is 0 Å². The Bertz CT molecular complexity index is 466. The number of hydrogen-bond acceptors (Lipinski definition) is 3. The van der Waals surface area contributed by atoms with Crippen molar-refractivity contribution < 1.29 is 10.0 Å². The number of carbonyl (C=O) groups is 1. The molecule has 18 heavy (non-hydrogen) atoms. The molecule has 0 radical (unpaired) electrons. The van der Waals surface area contributed by atoms with Crippen LogP contribution in [0, 0.1) is 3.57 Å². The van der Waals surface area contributed by atoms with Gasteiger partial charge in [-0.1, -0.05) is 21.1 Å². The molecule has 0 fully saturated rings. The minimum absolute atomic E-state index is 0.125. The summed E-state index contributed by atoms with van der Waals surface area (Å²) in [5.74, 6) is 0.0430. The number of amidine groups is 1. The molecule has 0 saturated carbocycles. The van der Waals surface area contributed by atoms with Crippen LogP contribution in [-0.4, -0.2) is 23.5 Å². The van der Waals surface area contributed by atoms with E-state index in [0.29, 0.717) is 24.9 Å². The molecule has 0 aromatic heterocycles.